The van der Waals surface area contributed by atoms with Crippen LogP contribution in [0.1, 0.15) is 26.2 Å². The van der Waals surface area contributed by atoms with Gasteiger partial charge in [0.05, 0.1) is 11.1 Å². The van der Waals surface area contributed by atoms with Gasteiger partial charge in [-0.05, 0) is 56.6 Å². The van der Waals surface area contributed by atoms with Gasteiger partial charge in [-0.25, -0.2) is 18.4 Å². The van der Waals surface area contributed by atoms with Crippen LogP contribution in [0.25, 0.3) is 22.3 Å². The van der Waals surface area contributed by atoms with Gasteiger partial charge in [0, 0.05) is 12.0 Å². The predicted molar refractivity (Wildman–Crippen MR) is 132 cm³/mol. The van der Waals surface area contributed by atoms with Gasteiger partial charge in [-0.1, -0.05) is 13.0 Å². The van der Waals surface area contributed by atoms with Crippen molar-refractivity contribution in [1.29, 1.82) is 0 Å². The molecule has 2 aromatic heterocycles. The Morgan fingerprint density at radius 3 is 2.33 bits per heavy atom. The first-order valence-electron chi connectivity index (χ1n) is 12.0. The molecule has 15 heteroatoms. The zero-order valence-electron chi connectivity index (χ0n) is 20.8. The number of likely N-dealkylation sites (tertiary alicyclic amines) is 1. The molecular formula is C24H28F2N6O7. The average molecular weight is 551 g/mol. The van der Waals surface area contributed by atoms with Gasteiger partial charge in [-0.2, -0.15) is 5.10 Å². The summed E-state index contributed by atoms with van der Waals surface area (Å²) in [5.41, 5.74) is 0.524. The molecule has 0 radical (unpaired) electrons. The van der Waals surface area contributed by atoms with Crippen LogP contribution in [0.4, 0.5) is 14.6 Å². The van der Waals surface area contributed by atoms with Crippen molar-refractivity contribution in [3.63, 3.8) is 0 Å². The fourth-order valence-corrected chi connectivity index (χ4v) is 3.97. The SMILES string of the molecule is CCN1CCC(CC(=O)Nc2n[nH]c3nnc(-c4cccc(F)c4F)cc23)CC1.O=C(O)C(O)C(O)C(=O)O. The van der Waals surface area contributed by atoms with E-state index in [1.807, 2.05) is 0 Å². The summed E-state index contributed by atoms with van der Waals surface area (Å²) in [6.45, 7) is 5.20. The third-order valence-electron chi connectivity index (χ3n) is 6.24. The van der Waals surface area contributed by atoms with E-state index in [1.54, 1.807) is 6.07 Å². The molecule has 210 valence electrons. The first-order chi connectivity index (χ1) is 18.5. The van der Waals surface area contributed by atoms with E-state index >= 15 is 0 Å². The number of carboxylic acids is 2. The molecule has 39 heavy (non-hydrogen) atoms. The Kier molecular flexibility index (Phi) is 9.92. The summed E-state index contributed by atoms with van der Waals surface area (Å²) in [5, 5.41) is 50.5. The van der Waals surface area contributed by atoms with Crippen LogP contribution in [0.15, 0.2) is 24.3 Å². The number of carbonyl (C=O) groups is 3. The van der Waals surface area contributed by atoms with Crippen molar-refractivity contribution < 1.29 is 43.6 Å². The van der Waals surface area contributed by atoms with Crippen LogP contribution in [0.3, 0.4) is 0 Å². The number of aliphatic carboxylic acids is 2. The molecule has 2 atom stereocenters. The number of amides is 1. The van der Waals surface area contributed by atoms with E-state index in [4.69, 9.17) is 20.4 Å². The van der Waals surface area contributed by atoms with E-state index in [2.05, 4.69) is 37.5 Å². The molecule has 1 aromatic carbocycles. The average Bonchev–Trinajstić information content (AvgIpc) is 3.31. The summed E-state index contributed by atoms with van der Waals surface area (Å²) < 4.78 is 27.6. The number of halogens is 2. The number of H-pyrrole nitrogens is 1. The quantitative estimate of drug-likeness (QED) is 0.236. The van der Waals surface area contributed by atoms with Crippen LogP contribution in [-0.4, -0.2) is 95.4 Å². The number of aromatic nitrogens is 4. The monoisotopic (exact) mass is 550 g/mol. The Balaban J connectivity index is 0.000000360. The second-order valence-corrected chi connectivity index (χ2v) is 8.86. The molecule has 0 bridgehead atoms. The van der Waals surface area contributed by atoms with Crippen molar-refractivity contribution in [1.82, 2.24) is 25.3 Å². The largest absolute Gasteiger partial charge is 0.479 e. The summed E-state index contributed by atoms with van der Waals surface area (Å²) in [5.74, 6) is -4.95. The molecule has 3 aromatic rings. The highest BCUT2D eigenvalue weighted by Crippen LogP contribution is 2.27. The van der Waals surface area contributed by atoms with E-state index in [0.717, 1.165) is 38.5 Å². The number of carbonyl (C=O) groups excluding carboxylic acids is 1. The van der Waals surface area contributed by atoms with E-state index in [0.29, 0.717) is 29.2 Å². The highest BCUT2D eigenvalue weighted by molar-refractivity contribution is 5.99. The van der Waals surface area contributed by atoms with Gasteiger partial charge < -0.3 is 30.6 Å². The Hall–Kier alpha value is -4.08. The number of aromatic amines is 1. The minimum Gasteiger partial charge on any atom is -0.479 e. The number of aliphatic hydroxyl groups is 2. The maximum absolute atomic E-state index is 14.1. The molecule has 6 N–H and O–H groups in total. The second kappa shape index (κ2) is 13.1. The number of piperidine rings is 1. The smallest absolute Gasteiger partial charge is 0.335 e. The number of hydrogen-bond donors (Lipinski definition) is 6. The zero-order chi connectivity index (χ0) is 28.7. The Labute approximate surface area is 220 Å². The van der Waals surface area contributed by atoms with Crippen LogP contribution >= 0.6 is 0 Å². The van der Waals surface area contributed by atoms with E-state index in [1.165, 1.54) is 12.1 Å². The highest BCUT2D eigenvalue weighted by atomic mass is 19.2. The Morgan fingerprint density at radius 1 is 1.10 bits per heavy atom. The Bertz CT molecular complexity index is 1310. The molecule has 1 saturated heterocycles. The van der Waals surface area contributed by atoms with Crippen LogP contribution in [0, 0.1) is 17.6 Å². The first-order valence-corrected chi connectivity index (χ1v) is 12.0. The van der Waals surface area contributed by atoms with Crippen LogP contribution in [0.5, 0.6) is 0 Å². The van der Waals surface area contributed by atoms with Gasteiger partial charge in [0.15, 0.2) is 35.3 Å². The van der Waals surface area contributed by atoms with Crippen LogP contribution in [0.2, 0.25) is 0 Å². The molecule has 2 unspecified atom stereocenters. The molecule has 3 heterocycles. The fourth-order valence-electron chi connectivity index (χ4n) is 3.97. The molecule has 4 rings (SSSR count). The van der Waals surface area contributed by atoms with Gasteiger partial charge >= 0.3 is 11.9 Å². The third kappa shape index (κ3) is 7.49. The van der Waals surface area contributed by atoms with E-state index in [9.17, 15) is 23.2 Å². The standard InChI is InChI=1S/C20H22F2N6O.C4H6O6/c1-2-28-8-6-12(7-9-28)10-17(29)23-19-14-11-16(24-26-20(14)27-25-19)13-4-3-5-15(21)18(13)22;5-1(3(7)8)2(6)4(9)10/h3-5,11-12H,2,6-10H2,1H3,(H2,23,25,26,27,29);1-2,5-6H,(H,7,8)(H,9,10). The lowest BCUT2D eigenvalue weighted by Gasteiger charge is -2.30. The maximum atomic E-state index is 14.1. The molecule has 1 aliphatic heterocycles. The predicted octanol–water partition coefficient (Wildman–Crippen LogP) is 1.24. The lowest BCUT2D eigenvalue weighted by molar-refractivity contribution is -0.165. The highest BCUT2D eigenvalue weighted by Gasteiger charge is 2.29. The van der Waals surface area contributed by atoms with Gasteiger partial charge in [-0.15, -0.1) is 10.2 Å². The van der Waals surface area contributed by atoms with Crippen molar-refractivity contribution in [3.8, 4) is 11.3 Å². The molecule has 1 aliphatic rings. The minimum atomic E-state index is -2.27. The third-order valence-corrected chi connectivity index (χ3v) is 6.24. The van der Waals surface area contributed by atoms with Crippen molar-refractivity contribution >= 4 is 34.7 Å². The zero-order valence-corrected chi connectivity index (χ0v) is 20.8. The second-order valence-electron chi connectivity index (χ2n) is 8.86. The number of benzene rings is 1. The van der Waals surface area contributed by atoms with E-state index in [-0.39, 0.29) is 17.2 Å². The Morgan fingerprint density at radius 2 is 1.74 bits per heavy atom. The number of rotatable bonds is 8. The number of aliphatic hydroxyl groups excluding tert-OH is 2. The number of hydrogen-bond acceptors (Lipinski definition) is 9. The molecule has 0 aliphatic carbocycles. The van der Waals surface area contributed by atoms with Crippen molar-refractivity contribution in [2.45, 2.75) is 38.4 Å². The van der Waals surface area contributed by atoms with Crippen LogP contribution < -0.4 is 5.32 Å². The number of nitrogens with zero attached hydrogens (tertiary/aromatic N) is 4. The number of fused-ring (bicyclic) bond motifs is 1. The molecule has 13 nitrogen and oxygen atoms in total. The summed E-state index contributed by atoms with van der Waals surface area (Å²) >= 11 is 0. The normalized spacial score (nSPS) is 15.7. The molecule has 0 saturated carbocycles. The lowest BCUT2D eigenvalue weighted by atomic mass is 9.93. The maximum Gasteiger partial charge on any atom is 0.335 e. The summed E-state index contributed by atoms with van der Waals surface area (Å²) in [6.07, 6.45) is -2.11. The molecular weight excluding hydrogens is 522 g/mol. The van der Waals surface area contributed by atoms with Crippen molar-refractivity contribution in [3.05, 3.63) is 35.9 Å². The lowest BCUT2D eigenvalue weighted by Crippen LogP contribution is -2.39. The van der Waals surface area contributed by atoms with Gasteiger partial charge in [-0.3, -0.25) is 9.89 Å². The van der Waals surface area contributed by atoms with E-state index < -0.39 is 35.8 Å². The summed E-state index contributed by atoms with van der Waals surface area (Å²) in [4.78, 5) is 34.4. The summed E-state index contributed by atoms with van der Waals surface area (Å²) in [7, 11) is 0. The van der Waals surface area contributed by atoms with Crippen molar-refractivity contribution in [2.75, 3.05) is 25.0 Å². The van der Waals surface area contributed by atoms with Crippen LogP contribution in [-0.2, 0) is 14.4 Å². The molecule has 1 fully saturated rings. The molecule has 1 amide bonds. The van der Waals surface area contributed by atoms with Crippen molar-refractivity contribution in [2.24, 2.45) is 5.92 Å². The van der Waals surface area contributed by atoms with Gasteiger partial charge in [0.2, 0.25) is 5.91 Å². The number of nitrogens with one attached hydrogen (secondary N) is 2. The minimum absolute atomic E-state index is 0.000519. The van der Waals surface area contributed by atoms with Gasteiger partial charge in [0.25, 0.3) is 0 Å². The first kappa shape index (κ1) is 29.5. The topological polar surface area (TPSA) is 202 Å². The number of anilines is 1. The van der Waals surface area contributed by atoms with Gasteiger partial charge in [0.1, 0.15) is 0 Å². The summed E-state index contributed by atoms with van der Waals surface area (Å²) in [6, 6.07) is 5.41. The fraction of sp³-hybridized carbons (Fsp3) is 0.417. The molecule has 0 spiro atoms. The number of carboxylic acid groups (broad SMARTS) is 2.